The van der Waals surface area contributed by atoms with E-state index in [-0.39, 0.29) is 5.91 Å². The first kappa shape index (κ1) is 17.8. The molecular formula is C22H16N4OS2. The number of thiophene rings is 1. The van der Waals surface area contributed by atoms with E-state index < -0.39 is 0 Å². The zero-order chi connectivity index (χ0) is 19.8. The van der Waals surface area contributed by atoms with E-state index >= 15 is 0 Å². The van der Waals surface area contributed by atoms with Gasteiger partial charge in [0.25, 0.3) is 5.91 Å². The van der Waals surface area contributed by atoms with E-state index in [1.807, 2.05) is 77.5 Å². The lowest BCUT2D eigenvalue weighted by molar-refractivity contribution is -0.112. The smallest absolute Gasteiger partial charge is 0.279 e. The number of nitrogens with zero attached hydrogens (tertiary/aromatic N) is 4. The van der Waals surface area contributed by atoms with Crippen LogP contribution in [0.2, 0.25) is 0 Å². The molecule has 0 atom stereocenters. The van der Waals surface area contributed by atoms with Crippen molar-refractivity contribution in [2.24, 2.45) is 10.1 Å². The number of rotatable bonds is 3. The number of hydrogen-bond acceptors (Lipinski definition) is 5. The second-order valence-electron chi connectivity index (χ2n) is 6.47. The molecule has 0 saturated carbocycles. The number of carbonyl (C=O) groups is 1. The summed E-state index contributed by atoms with van der Waals surface area (Å²) in [6.45, 7) is 0. The average Bonchev–Trinajstić information content (AvgIpc) is 3.46. The predicted octanol–water partition coefficient (Wildman–Crippen LogP) is 4.74. The Morgan fingerprint density at radius 1 is 0.897 bits per heavy atom. The summed E-state index contributed by atoms with van der Waals surface area (Å²) < 4.78 is 1.78. The largest absolute Gasteiger partial charge is 0.309 e. The van der Waals surface area contributed by atoms with E-state index in [9.17, 15) is 4.79 Å². The third-order valence-electron chi connectivity index (χ3n) is 4.67. The summed E-state index contributed by atoms with van der Waals surface area (Å²) in [5.74, 6) is -0.118. The molecule has 3 heterocycles. The second kappa shape index (κ2) is 7.27. The third kappa shape index (κ3) is 3.14. The van der Waals surface area contributed by atoms with Gasteiger partial charge in [-0.3, -0.25) is 4.79 Å². The molecule has 5 rings (SSSR count). The summed E-state index contributed by atoms with van der Waals surface area (Å²) in [6, 6.07) is 21.5. The molecule has 7 heteroatoms. The number of para-hydroxylation sites is 2. The van der Waals surface area contributed by atoms with Gasteiger partial charge in [-0.1, -0.05) is 42.5 Å². The van der Waals surface area contributed by atoms with Crippen molar-refractivity contribution in [1.82, 2.24) is 4.68 Å². The van der Waals surface area contributed by atoms with Gasteiger partial charge >= 0.3 is 0 Å². The number of fused-ring (bicyclic) bond motifs is 1. The van der Waals surface area contributed by atoms with Crippen LogP contribution >= 0.6 is 22.7 Å². The van der Waals surface area contributed by atoms with Crippen molar-refractivity contribution in [3.63, 3.8) is 0 Å². The van der Waals surface area contributed by atoms with Crippen LogP contribution in [0.3, 0.4) is 0 Å². The van der Waals surface area contributed by atoms with Gasteiger partial charge in [-0.15, -0.1) is 22.7 Å². The maximum absolute atomic E-state index is 12.9. The fraction of sp³-hybridized carbons (Fsp3) is 0.0455. The normalized spacial score (nSPS) is 15.3. The van der Waals surface area contributed by atoms with Crippen molar-refractivity contribution >= 4 is 45.7 Å². The highest BCUT2D eigenvalue weighted by molar-refractivity contribution is 7.14. The van der Waals surface area contributed by atoms with Gasteiger partial charge in [-0.25, -0.2) is 9.67 Å². The second-order valence-corrected chi connectivity index (χ2v) is 8.25. The topological polar surface area (TPSA) is 50.0 Å². The molecule has 1 aliphatic heterocycles. The van der Waals surface area contributed by atoms with Crippen molar-refractivity contribution < 1.29 is 4.79 Å². The molecule has 0 unspecified atom stereocenters. The monoisotopic (exact) mass is 416 g/mol. The fourth-order valence-electron chi connectivity index (χ4n) is 3.23. The number of benzene rings is 2. The molecule has 0 radical (unpaired) electrons. The molecule has 29 heavy (non-hydrogen) atoms. The molecule has 0 spiro atoms. The van der Waals surface area contributed by atoms with E-state index in [0.29, 0.717) is 10.5 Å². The van der Waals surface area contributed by atoms with E-state index in [1.54, 1.807) is 28.0 Å². The first-order valence-electron chi connectivity index (χ1n) is 9.03. The number of carbonyl (C=O) groups excluding carboxylic acids is 1. The molecule has 2 aromatic carbocycles. The number of aromatic nitrogens is 1. The third-order valence-corrected chi connectivity index (χ3v) is 6.38. The van der Waals surface area contributed by atoms with Crippen molar-refractivity contribution in [3.05, 3.63) is 87.9 Å². The van der Waals surface area contributed by atoms with Crippen molar-refractivity contribution in [3.8, 4) is 10.6 Å². The SMILES string of the molecule is CN1C(=O)C(=Nn2c(-c3cccs3)csc2=Nc2ccccc2)c2ccccc21. The van der Waals surface area contributed by atoms with Gasteiger partial charge in [0.2, 0.25) is 4.80 Å². The summed E-state index contributed by atoms with van der Waals surface area (Å²) in [6.07, 6.45) is 0. The molecule has 0 N–H and O–H groups in total. The molecule has 0 fully saturated rings. The van der Waals surface area contributed by atoms with Crippen LogP contribution in [-0.4, -0.2) is 23.3 Å². The highest BCUT2D eigenvalue weighted by Crippen LogP contribution is 2.29. The van der Waals surface area contributed by atoms with Gasteiger partial charge in [-0.05, 0) is 29.6 Å². The Morgan fingerprint density at radius 2 is 1.69 bits per heavy atom. The molecule has 142 valence electrons. The maximum atomic E-state index is 12.9. The minimum absolute atomic E-state index is 0.118. The minimum Gasteiger partial charge on any atom is -0.309 e. The molecule has 5 nitrogen and oxygen atoms in total. The Bertz CT molecular complexity index is 1280. The van der Waals surface area contributed by atoms with Crippen LogP contribution in [0, 0.1) is 0 Å². The van der Waals surface area contributed by atoms with Gasteiger partial charge in [0.05, 0.1) is 21.9 Å². The first-order chi connectivity index (χ1) is 14.2. The predicted molar refractivity (Wildman–Crippen MR) is 119 cm³/mol. The summed E-state index contributed by atoms with van der Waals surface area (Å²) in [7, 11) is 1.78. The van der Waals surface area contributed by atoms with E-state index in [2.05, 4.69) is 0 Å². The van der Waals surface area contributed by atoms with Gasteiger partial charge in [0, 0.05) is 18.0 Å². The van der Waals surface area contributed by atoms with Crippen LogP contribution < -0.4 is 9.70 Å². The zero-order valence-corrected chi connectivity index (χ0v) is 17.2. The zero-order valence-electron chi connectivity index (χ0n) is 15.5. The summed E-state index contributed by atoms with van der Waals surface area (Å²) >= 11 is 3.14. The van der Waals surface area contributed by atoms with Crippen molar-refractivity contribution in [1.29, 1.82) is 0 Å². The molecular weight excluding hydrogens is 400 g/mol. The van der Waals surface area contributed by atoms with Crippen LogP contribution in [0.1, 0.15) is 5.56 Å². The quantitative estimate of drug-likeness (QED) is 0.476. The van der Waals surface area contributed by atoms with Gasteiger partial charge in [0.15, 0.2) is 5.71 Å². The summed E-state index contributed by atoms with van der Waals surface area (Å²) in [5, 5.41) is 8.87. The van der Waals surface area contributed by atoms with Gasteiger partial charge in [0.1, 0.15) is 0 Å². The highest BCUT2D eigenvalue weighted by Gasteiger charge is 2.31. The molecule has 0 aliphatic carbocycles. The average molecular weight is 417 g/mol. The molecule has 2 aromatic heterocycles. The lowest BCUT2D eigenvalue weighted by Crippen LogP contribution is -2.27. The van der Waals surface area contributed by atoms with Crippen LogP contribution in [0.5, 0.6) is 0 Å². The van der Waals surface area contributed by atoms with Crippen LogP contribution in [0.4, 0.5) is 11.4 Å². The fourth-order valence-corrected chi connectivity index (χ4v) is 4.87. The number of likely N-dealkylation sites (N-methyl/N-ethyl adjacent to an activating group) is 1. The van der Waals surface area contributed by atoms with Crippen molar-refractivity contribution in [2.45, 2.75) is 0 Å². The van der Waals surface area contributed by atoms with E-state index in [1.165, 1.54) is 11.3 Å². The molecule has 0 bridgehead atoms. The van der Waals surface area contributed by atoms with E-state index in [4.69, 9.17) is 10.1 Å². The Kier molecular flexibility index (Phi) is 4.46. The lowest BCUT2D eigenvalue weighted by atomic mass is 10.1. The Morgan fingerprint density at radius 3 is 2.48 bits per heavy atom. The van der Waals surface area contributed by atoms with E-state index in [0.717, 1.165) is 27.5 Å². The van der Waals surface area contributed by atoms with Crippen molar-refractivity contribution in [2.75, 3.05) is 11.9 Å². The van der Waals surface area contributed by atoms with Crippen LogP contribution in [0.15, 0.2) is 87.6 Å². The minimum atomic E-state index is -0.118. The Labute approximate surface area is 175 Å². The standard InChI is InChI=1S/C22H16N4OS2/c1-25-17-11-6-5-10-16(17)20(21(25)27)24-26-18(19-12-7-13-28-19)14-29-22(26)23-15-8-3-2-4-9-15/h2-14H,1H3. The number of anilines is 1. The molecule has 1 aliphatic rings. The Balaban J connectivity index is 1.74. The maximum Gasteiger partial charge on any atom is 0.279 e. The number of thiazole rings is 1. The molecule has 1 amide bonds. The molecule has 0 saturated heterocycles. The number of amides is 1. The summed E-state index contributed by atoms with van der Waals surface area (Å²) in [5.41, 5.74) is 3.89. The number of hydrogen-bond donors (Lipinski definition) is 0. The first-order valence-corrected chi connectivity index (χ1v) is 10.8. The molecule has 4 aromatic rings. The van der Waals surface area contributed by atoms with Gasteiger partial charge < -0.3 is 4.90 Å². The van der Waals surface area contributed by atoms with Crippen LogP contribution in [0.25, 0.3) is 10.6 Å². The Hall–Kier alpha value is -3.29. The van der Waals surface area contributed by atoms with Crippen LogP contribution in [-0.2, 0) is 4.79 Å². The lowest BCUT2D eigenvalue weighted by Gasteiger charge is -2.07. The highest BCUT2D eigenvalue weighted by atomic mass is 32.1. The summed E-state index contributed by atoms with van der Waals surface area (Å²) in [4.78, 5) is 21.1. The van der Waals surface area contributed by atoms with Gasteiger partial charge in [-0.2, -0.15) is 5.10 Å².